The second kappa shape index (κ2) is 6.09. The molecule has 108 valence electrons. The third-order valence-electron chi connectivity index (χ3n) is 2.80. The lowest BCUT2D eigenvalue weighted by Gasteiger charge is -2.13. The summed E-state index contributed by atoms with van der Waals surface area (Å²) < 4.78 is 33.0. The van der Waals surface area contributed by atoms with Crippen LogP contribution in [0.15, 0.2) is 50.4 Å². The van der Waals surface area contributed by atoms with E-state index in [1.807, 2.05) is 24.3 Å². The van der Waals surface area contributed by atoms with Gasteiger partial charge in [-0.3, -0.25) is 0 Å². The van der Waals surface area contributed by atoms with Crippen molar-refractivity contribution in [2.24, 2.45) is 5.73 Å². The molecule has 3 N–H and O–H groups in total. The van der Waals surface area contributed by atoms with Crippen LogP contribution in [0.4, 0.5) is 0 Å². The van der Waals surface area contributed by atoms with Crippen molar-refractivity contribution >= 4 is 26.0 Å². The third kappa shape index (κ3) is 3.49. The van der Waals surface area contributed by atoms with Gasteiger partial charge in [-0.2, -0.15) is 0 Å². The number of nitrogens with one attached hydrogen (secondary N) is 1. The van der Waals surface area contributed by atoms with E-state index in [0.29, 0.717) is 5.76 Å². The molecular weight excluding hydrogens is 344 g/mol. The van der Waals surface area contributed by atoms with Crippen LogP contribution in [0.1, 0.15) is 24.3 Å². The van der Waals surface area contributed by atoms with Crippen molar-refractivity contribution in [3.05, 3.63) is 52.2 Å². The topological polar surface area (TPSA) is 85.3 Å². The molecule has 1 heterocycles. The molecule has 1 unspecified atom stereocenters. The van der Waals surface area contributed by atoms with Crippen LogP contribution in [0, 0.1) is 0 Å². The first-order valence-corrected chi connectivity index (χ1v) is 8.26. The van der Waals surface area contributed by atoms with Crippen LogP contribution >= 0.6 is 15.9 Å². The summed E-state index contributed by atoms with van der Waals surface area (Å²) in [4.78, 5) is 0. The monoisotopic (exact) mass is 358 g/mol. The first kappa shape index (κ1) is 15.2. The van der Waals surface area contributed by atoms with Crippen molar-refractivity contribution in [2.75, 3.05) is 0 Å². The van der Waals surface area contributed by atoms with E-state index in [-0.39, 0.29) is 17.7 Å². The molecule has 1 aromatic heterocycles. The summed E-state index contributed by atoms with van der Waals surface area (Å²) in [6.45, 7) is 1.94. The largest absolute Gasteiger partial charge is 0.447 e. The van der Waals surface area contributed by atoms with Crippen LogP contribution in [-0.4, -0.2) is 8.42 Å². The minimum absolute atomic E-state index is 0.123. The zero-order valence-electron chi connectivity index (χ0n) is 10.8. The predicted molar refractivity (Wildman–Crippen MR) is 79.5 cm³/mol. The maximum Gasteiger partial charge on any atom is 0.274 e. The minimum Gasteiger partial charge on any atom is -0.447 e. The number of rotatable bonds is 5. The van der Waals surface area contributed by atoms with Crippen molar-refractivity contribution in [2.45, 2.75) is 24.6 Å². The molecule has 0 aliphatic rings. The summed E-state index contributed by atoms with van der Waals surface area (Å²) in [6.07, 6.45) is 0. The highest BCUT2D eigenvalue weighted by Crippen LogP contribution is 2.20. The van der Waals surface area contributed by atoms with Gasteiger partial charge in [-0.1, -0.05) is 28.1 Å². The Morgan fingerprint density at radius 2 is 1.90 bits per heavy atom. The summed E-state index contributed by atoms with van der Waals surface area (Å²) in [5, 5.41) is -0.123. The van der Waals surface area contributed by atoms with Crippen LogP contribution in [0.3, 0.4) is 0 Å². The summed E-state index contributed by atoms with van der Waals surface area (Å²) in [6, 6.07) is 10.0. The van der Waals surface area contributed by atoms with Crippen LogP contribution in [0.5, 0.6) is 0 Å². The Labute approximate surface area is 126 Å². The summed E-state index contributed by atoms with van der Waals surface area (Å²) in [5.74, 6) is 0.432. The van der Waals surface area contributed by atoms with Crippen molar-refractivity contribution in [1.82, 2.24) is 4.72 Å². The predicted octanol–water partition coefficient (Wildman–Crippen LogP) is 2.54. The van der Waals surface area contributed by atoms with Crippen molar-refractivity contribution in [3.63, 3.8) is 0 Å². The van der Waals surface area contributed by atoms with Gasteiger partial charge in [-0.05, 0) is 36.8 Å². The quantitative estimate of drug-likeness (QED) is 0.859. The Balaban J connectivity index is 2.17. The van der Waals surface area contributed by atoms with E-state index in [4.69, 9.17) is 10.2 Å². The Bertz CT molecular complexity index is 680. The van der Waals surface area contributed by atoms with Gasteiger partial charge in [0.15, 0.2) is 0 Å². The molecule has 20 heavy (non-hydrogen) atoms. The van der Waals surface area contributed by atoms with Gasteiger partial charge in [0, 0.05) is 10.5 Å². The summed E-state index contributed by atoms with van der Waals surface area (Å²) in [5.41, 5.74) is 6.26. The van der Waals surface area contributed by atoms with E-state index in [1.165, 1.54) is 6.07 Å². The van der Waals surface area contributed by atoms with Gasteiger partial charge in [0.05, 0.1) is 6.54 Å². The zero-order chi connectivity index (χ0) is 14.8. The first-order chi connectivity index (χ1) is 9.42. The number of hydrogen-bond donors (Lipinski definition) is 2. The fourth-order valence-electron chi connectivity index (χ4n) is 1.72. The average Bonchev–Trinajstić information content (AvgIpc) is 2.88. The number of benzene rings is 1. The van der Waals surface area contributed by atoms with Gasteiger partial charge in [0.25, 0.3) is 10.0 Å². The Hall–Kier alpha value is -1.15. The smallest absolute Gasteiger partial charge is 0.274 e. The van der Waals surface area contributed by atoms with Gasteiger partial charge < -0.3 is 10.2 Å². The number of sulfonamides is 1. The van der Waals surface area contributed by atoms with Crippen LogP contribution in [-0.2, 0) is 16.6 Å². The third-order valence-corrected chi connectivity index (χ3v) is 4.75. The molecule has 1 atom stereocenters. The molecular formula is C13H15BrN2O3S. The molecule has 0 aliphatic carbocycles. The van der Waals surface area contributed by atoms with E-state index < -0.39 is 10.0 Å². The van der Waals surface area contributed by atoms with E-state index in [0.717, 1.165) is 10.0 Å². The minimum atomic E-state index is -3.69. The van der Waals surface area contributed by atoms with Crippen LogP contribution in [0.25, 0.3) is 0 Å². The first-order valence-electron chi connectivity index (χ1n) is 5.99. The molecule has 1 aromatic carbocycles. The summed E-state index contributed by atoms with van der Waals surface area (Å²) in [7, 11) is -3.69. The number of hydrogen-bond acceptors (Lipinski definition) is 4. The lowest BCUT2D eigenvalue weighted by Crippen LogP contribution is -2.26. The fourth-order valence-corrected chi connectivity index (χ4v) is 3.17. The van der Waals surface area contributed by atoms with Gasteiger partial charge >= 0.3 is 0 Å². The molecule has 0 spiro atoms. The van der Waals surface area contributed by atoms with Crippen molar-refractivity contribution < 1.29 is 12.8 Å². The second-order valence-electron chi connectivity index (χ2n) is 4.32. The molecule has 0 fully saturated rings. The highest BCUT2D eigenvalue weighted by molar-refractivity contribution is 9.10. The molecule has 0 radical (unpaired) electrons. The van der Waals surface area contributed by atoms with E-state index >= 15 is 0 Å². The van der Waals surface area contributed by atoms with Crippen molar-refractivity contribution in [1.29, 1.82) is 0 Å². The van der Waals surface area contributed by atoms with E-state index in [2.05, 4.69) is 20.7 Å². The number of halogens is 1. The molecule has 5 nitrogen and oxygen atoms in total. The number of nitrogens with two attached hydrogens (primary N) is 1. The second-order valence-corrected chi connectivity index (χ2v) is 6.88. The fraction of sp³-hybridized carbons (Fsp3) is 0.231. The Morgan fingerprint density at radius 1 is 1.25 bits per heavy atom. The molecule has 2 aromatic rings. The lowest BCUT2D eigenvalue weighted by molar-refractivity contribution is 0.411. The molecule has 7 heteroatoms. The van der Waals surface area contributed by atoms with Crippen molar-refractivity contribution in [3.8, 4) is 0 Å². The zero-order valence-corrected chi connectivity index (χ0v) is 13.2. The SMILES string of the molecule is CC(NS(=O)(=O)c1ccc(CN)o1)c1ccc(Br)cc1. The van der Waals surface area contributed by atoms with Crippen LogP contribution in [0.2, 0.25) is 0 Å². The lowest BCUT2D eigenvalue weighted by atomic mass is 10.1. The normalized spacial score (nSPS) is 13.3. The molecule has 0 amide bonds. The molecule has 0 saturated carbocycles. The van der Waals surface area contributed by atoms with Gasteiger partial charge in [-0.25, -0.2) is 13.1 Å². The molecule has 0 aliphatic heterocycles. The molecule has 0 saturated heterocycles. The van der Waals surface area contributed by atoms with Gasteiger partial charge in [0.2, 0.25) is 5.09 Å². The standard InChI is InChI=1S/C13H15BrN2O3S/c1-9(10-2-4-11(14)5-3-10)16-20(17,18)13-7-6-12(8-15)19-13/h2-7,9,16H,8,15H2,1H3. The highest BCUT2D eigenvalue weighted by atomic mass is 79.9. The Morgan fingerprint density at radius 3 is 2.45 bits per heavy atom. The van der Waals surface area contributed by atoms with E-state index in [1.54, 1.807) is 13.0 Å². The molecule has 0 bridgehead atoms. The molecule has 2 rings (SSSR count). The van der Waals surface area contributed by atoms with Gasteiger partial charge in [0.1, 0.15) is 5.76 Å². The average molecular weight is 359 g/mol. The van der Waals surface area contributed by atoms with Crippen LogP contribution < -0.4 is 10.5 Å². The highest BCUT2D eigenvalue weighted by Gasteiger charge is 2.21. The Kier molecular flexibility index (Phi) is 4.64. The van der Waals surface area contributed by atoms with E-state index in [9.17, 15) is 8.42 Å². The van der Waals surface area contributed by atoms with Gasteiger partial charge in [-0.15, -0.1) is 0 Å². The maximum absolute atomic E-state index is 12.2. The maximum atomic E-state index is 12.2. The number of furan rings is 1. The summed E-state index contributed by atoms with van der Waals surface area (Å²) >= 11 is 3.34.